The standard InChI is InChI=1S/C15H32N2/c1-14(2)17-13-7-12-16-11-6-10-15-8-4-3-5-9-15/h14-17H,3-13H2,1-2H3. The van der Waals surface area contributed by atoms with Crippen LogP contribution in [0.5, 0.6) is 0 Å². The van der Waals surface area contributed by atoms with Crippen molar-refractivity contribution in [1.82, 2.24) is 10.6 Å². The van der Waals surface area contributed by atoms with Gasteiger partial charge in [0.15, 0.2) is 0 Å². The number of rotatable bonds is 9. The molecule has 1 rings (SSSR count). The lowest BCUT2D eigenvalue weighted by Gasteiger charge is -2.21. The molecule has 0 bridgehead atoms. The molecular formula is C15H32N2. The highest BCUT2D eigenvalue weighted by atomic mass is 14.9. The van der Waals surface area contributed by atoms with E-state index in [-0.39, 0.29) is 0 Å². The van der Waals surface area contributed by atoms with Crippen molar-refractivity contribution in [3.05, 3.63) is 0 Å². The Morgan fingerprint density at radius 3 is 2.35 bits per heavy atom. The maximum atomic E-state index is 3.56. The predicted molar refractivity (Wildman–Crippen MR) is 76.4 cm³/mol. The van der Waals surface area contributed by atoms with Crippen LogP contribution in [-0.2, 0) is 0 Å². The molecule has 1 fully saturated rings. The van der Waals surface area contributed by atoms with E-state index in [1.54, 1.807) is 0 Å². The van der Waals surface area contributed by atoms with Crippen LogP contribution in [0.3, 0.4) is 0 Å². The Morgan fingerprint density at radius 1 is 0.941 bits per heavy atom. The van der Waals surface area contributed by atoms with Crippen molar-refractivity contribution < 1.29 is 0 Å². The van der Waals surface area contributed by atoms with Crippen molar-refractivity contribution in [3.8, 4) is 0 Å². The summed E-state index contributed by atoms with van der Waals surface area (Å²) in [5.74, 6) is 1.05. The molecule has 1 aliphatic carbocycles. The summed E-state index contributed by atoms with van der Waals surface area (Å²) >= 11 is 0. The van der Waals surface area contributed by atoms with Crippen LogP contribution in [-0.4, -0.2) is 25.7 Å². The van der Waals surface area contributed by atoms with E-state index in [2.05, 4.69) is 24.5 Å². The van der Waals surface area contributed by atoms with Gasteiger partial charge in [-0.25, -0.2) is 0 Å². The van der Waals surface area contributed by atoms with Gasteiger partial charge < -0.3 is 10.6 Å². The number of hydrogen-bond donors (Lipinski definition) is 2. The second-order valence-corrected chi connectivity index (χ2v) is 5.86. The van der Waals surface area contributed by atoms with E-state index in [9.17, 15) is 0 Å². The Balaban J connectivity index is 1.78. The third-order valence-electron chi connectivity index (χ3n) is 3.77. The molecule has 0 aromatic rings. The molecule has 0 aromatic heterocycles. The first-order valence-electron chi connectivity index (χ1n) is 7.73. The van der Waals surface area contributed by atoms with Crippen LogP contribution in [0.4, 0.5) is 0 Å². The topological polar surface area (TPSA) is 24.1 Å². The summed E-state index contributed by atoms with van der Waals surface area (Å²) in [5.41, 5.74) is 0. The van der Waals surface area contributed by atoms with E-state index in [1.165, 1.54) is 64.5 Å². The molecule has 102 valence electrons. The Morgan fingerprint density at radius 2 is 1.65 bits per heavy atom. The Hall–Kier alpha value is -0.0800. The summed E-state index contributed by atoms with van der Waals surface area (Å²) in [6.07, 6.45) is 11.5. The lowest BCUT2D eigenvalue weighted by Crippen LogP contribution is -2.27. The van der Waals surface area contributed by atoms with E-state index >= 15 is 0 Å². The molecule has 2 nitrogen and oxygen atoms in total. The van der Waals surface area contributed by atoms with Gasteiger partial charge in [0.25, 0.3) is 0 Å². The quantitative estimate of drug-likeness (QED) is 0.604. The van der Waals surface area contributed by atoms with Gasteiger partial charge in [-0.1, -0.05) is 46.0 Å². The highest BCUT2D eigenvalue weighted by Gasteiger charge is 2.12. The van der Waals surface area contributed by atoms with Crippen LogP contribution in [0, 0.1) is 5.92 Å². The minimum atomic E-state index is 0.626. The van der Waals surface area contributed by atoms with Crippen molar-refractivity contribution in [3.63, 3.8) is 0 Å². The fourth-order valence-electron chi connectivity index (χ4n) is 2.72. The molecule has 2 N–H and O–H groups in total. The normalized spacial score (nSPS) is 17.8. The third-order valence-corrected chi connectivity index (χ3v) is 3.77. The third kappa shape index (κ3) is 8.62. The Bertz CT molecular complexity index is 162. The van der Waals surface area contributed by atoms with Gasteiger partial charge in [-0.2, -0.15) is 0 Å². The monoisotopic (exact) mass is 240 g/mol. The predicted octanol–water partition coefficient (Wildman–Crippen LogP) is 3.32. The van der Waals surface area contributed by atoms with Crippen LogP contribution in [0.1, 0.15) is 65.2 Å². The molecule has 0 heterocycles. The summed E-state index contributed by atoms with van der Waals surface area (Å²) in [5, 5.41) is 7.01. The minimum Gasteiger partial charge on any atom is -0.317 e. The fraction of sp³-hybridized carbons (Fsp3) is 1.00. The largest absolute Gasteiger partial charge is 0.317 e. The molecule has 1 aliphatic rings. The van der Waals surface area contributed by atoms with Crippen LogP contribution < -0.4 is 10.6 Å². The Kier molecular flexibility index (Phi) is 8.72. The second-order valence-electron chi connectivity index (χ2n) is 5.86. The number of nitrogens with one attached hydrogen (secondary N) is 2. The highest BCUT2D eigenvalue weighted by molar-refractivity contribution is 4.66. The summed E-state index contributed by atoms with van der Waals surface area (Å²) < 4.78 is 0. The van der Waals surface area contributed by atoms with Crippen LogP contribution >= 0.6 is 0 Å². The average Bonchev–Trinajstić information content (AvgIpc) is 2.33. The van der Waals surface area contributed by atoms with Gasteiger partial charge in [-0.15, -0.1) is 0 Å². The summed E-state index contributed by atoms with van der Waals surface area (Å²) in [4.78, 5) is 0. The molecule has 0 spiro atoms. The highest BCUT2D eigenvalue weighted by Crippen LogP contribution is 2.26. The van der Waals surface area contributed by atoms with Crippen LogP contribution in [0.25, 0.3) is 0 Å². The lowest BCUT2D eigenvalue weighted by molar-refractivity contribution is 0.330. The van der Waals surface area contributed by atoms with E-state index in [0.717, 1.165) is 12.5 Å². The Labute approximate surface area is 108 Å². The lowest BCUT2D eigenvalue weighted by atomic mass is 9.86. The maximum absolute atomic E-state index is 3.56. The zero-order valence-electron chi connectivity index (χ0n) is 11.9. The van der Waals surface area contributed by atoms with Gasteiger partial charge in [0.1, 0.15) is 0 Å². The van der Waals surface area contributed by atoms with E-state index in [1.807, 2.05) is 0 Å². The zero-order chi connectivity index (χ0) is 12.3. The molecule has 1 saturated carbocycles. The maximum Gasteiger partial charge on any atom is 0.00103 e. The van der Waals surface area contributed by atoms with E-state index in [4.69, 9.17) is 0 Å². The fourth-order valence-corrected chi connectivity index (χ4v) is 2.72. The number of hydrogen-bond acceptors (Lipinski definition) is 2. The smallest absolute Gasteiger partial charge is 0.00103 e. The molecule has 0 aromatic carbocycles. The molecule has 2 heteroatoms. The SMILES string of the molecule is CC(C)NCCCNCCCC1CCCCC1. The van der Waals surface area contributed by atoms with Crippen LogP contribution in [0.2, 0.25) is 0 Å². The van der Waals surface area contributed by atoms with Gasteiger partial charge in [0.2, 0.25) is 0 Å². The van der Waals surface area contributed by atoms with Crippen molar-refractivity contribution in [2.24, 2.45) is 5.92 Å². The molecule has 0 radical (unpaired) electrons. The molecule has 0 atom stereocenters. The molecule has 0 unspecified atom stereocenters. The van der Waals surface area contributed by atoms with Crippen LogP contribution in [0.15, 0.2) is 0 Å². The summed E-state index contributed by atoms with van der Waals surface area (Å²) in [6.45, 7) is 7.95. The van der Waals surface area contributed by atoms with Gasteiger partial charge in [-0.3, -0.25) is 0 Å². The van der Waals surface area contributed by atoms with Crippen molar-refractivity contribution in [2.45, 2.75) is 71.3 Å². The summed E-state index contributed by atoms with van der Waals surface area (Å²) in [6, 6.07) is 0.626. The average molecular weight is 240 g/mol. The molecule has 17 heavy (non-hydrogen) atoms. The van der Waals surface area contributed by atoms with Crippen molar-refractivity contribution in [2.75, 3.05) is 19.6 Å². The zero-order valence-corrected chi connectivity index (χ0v) is 11.9. The van der Waals surface area contributed by atoms with Crippen molar-refractivity contribution >= 4 is 0 Å². The van der Waals surface area contributed by atoms with Crippen molar-refractivity contribution in [1.29, 1.82) is 0 Å². The first-order valence-corrected chi connectivity index (χ1v) is 7.73. The van der Waals surface area contributed by atoms with Gasteiger partial charge >= 0.3 is 0 Å². The minimum absolute atomic E-state index is 0.626. The van der Waals surface area contributed by atoms with E-state index in [0.29, 0.717) is 6.04 Å². The van der Waals surface area contributed by atoms with Gasteiger partial charge in [0, 0.05) is 6.04 Å². The summed E-state index contributed by atoms with van der Waals surface area (Å²) in [7, 11) is 0. The molecule has 0 saturated heterocycles. The molecule has 0 aliphatic heterocycles. The second kappa shape index (κ2) is 9.90. The molecular weight excluding hydrogens is 208 g/mol. The first kappa shape index (κ1) is 15.0. The molecule has 0 amide bonds. The van der Waals surface area contributed by atoms with Gasteiger partial charge in [0.05, 0.1) is 0 Å². The first-order chi connectivity index (χ1) is 8.29. The van der Waals surface area contributed by atoms with E-state index < -0.39 is 0 Å². The van der Waals surface area contributed by atoms with Gasteiger partial charge in [-0.05, 0) is 44.8 Å².